The molecule has 2 amide bonds. The van der Waals surface area contributed by atoms with Crippen LogP contribution < -0.4 is 5.32 Å². The smallest absolute Gasteiger partial charge is 0.289 e. The summed E-state index contributed by atoms with van der Waals surface area (Å²) >= 11 is 0. The van der Waals surface area contributed by atoms with E-state index in [1.807, 2.05) is 6.07 Å². The summed E-state index contributed by atoms with van der Waals surface area (Å²) < 4.78 is 5.15. The number of hydrogen-bond acceptors (Lipinski definition) is 5. The fourth-order valence-corrected chi connectivity index (χ4v) is 2.78. The third-order valence-corrected chi connectivity index (χ3v) is 4.29. The van der Waals surface area contributed by atoms with Gasteiger partial charge in [0.2, 0.25) is 0 Å². The number of piperazine rings is 1. The zero-order chi connectivity index (χ0) is 18.5. The molecule has 0 atom stereocenters. The van der Waals surface area contributed by atoms with Gasteiger partial charge in [0.1, 0.15) is 5.82 Å². The average Bonchev–Trinajstić information content (AvgIpc) is 3.20. The lowest BCUT2D eigenvalue weighted by Crippen LogP contribution is -2.50. The van der Waals surface area contributed by atoms with Gasteiger partial charge in [-0.1, -0.05) is 13.8 Å². The van der Waals surface area contributed by atoms with Gasteiger partial charge in [0.25, 0.3) is 11.8 Å². The largest absolute Gasteiger partial charge is 0.459 e. The van der Waals surface area contributed by atoms with Gasteiger partial charge in [-0.05, 0) is 30.2 Å². The van der Waals surface area contributed by atoms with Crippen molar-refractivity contribution < 1.29 is 14.0 Å². The Morgan fingerprint density at radius 2 is 1.81 bits per heavy atom. The van der Waals surface area contributed by atoms with E-state index in [2.05, 4.69) is 24.1 Å². The molecule has 1 N–H and O–H groups in total. The summed E-state index contributed by atoms with van der Waals surface area (Å²) in [7, 11) is 0. The molecule has 26 heavy (non-hydrogen) atoms. The van der Waals surface area contributed by atoms with Crippen LogP contribution in [0.3, 0.4) is 0 Å². The number of carbonyl (C=O) groups excluding carboxylic acids is 2. The molecule has 1 aliphatic heterocycles. The summed E-state index contributed by atoms with van der Waals surface area (Å²) in [5.41, 5.74) is 0.561. The van der Waals surface area contributed by atoms with Gasteiger partial charge in [-0.3, -0.25) is 9.59 Å². The molecule has 0 spiro atoms. The molecule has 3 rings (SSSR count). The number of nitrogens with zero attached hydrogens (tertiary/aromatic N) is 3. The molecule has 0 bridgehead atoms. The van der Waals surface area contributed by atoms with E-state index in [0.717, 1.165) is 12.4 Å². The summed E-state index contributed by atoms with van der Waals surface area (Å²) in [5.74, 6) is 1.43. The predicted octanol–water partition coefficient (Wildman–Crippen LogP) is 2.34. The first-order valence-corrected chi connectivity index (χ1v) is 8.86. The van der Waals surface area contributed by atoms with Crippen LogP contribution in [0.2, 0.25) is 0 Å². The predicted molar refractivity (Wildman–Crippen MR) is 98.1 cm³/mol. The molecule has 0 radical (unpaired) electrons. The van der Waals surface area contributed by atoms with E-state index in [-0.39, 0.29) is 11.8 Å². The number of furan rings is 1. The van der Waals surface area contributed by atoms with Crippen molar-refractivity contribution in [2.75, 3.05) is 38.0 Å². The first-order valence-electron chi connectivity index (χ1n) is 8.86. The highest BCUT2D eigenvalue weighted by atomic mass is 16.3. The number of aromatic nitrogens is 1. The third-order valence-electron chi connectivity index (χ3n) is 4.29. The Bertz CT molecular complexity index is 733. The number of hydrogen-bond donors (Lipinski definition) is 1. The maximum absolute atomic E-state index is 12.6. The highest BCUT2D eigenvalue weighted by Gasteiger charge is 2.26. The average molecular weight is 356 g/mol. The Morgan fingerprint density at radius 1 is 1.12 bits per heavy atom. The molecular weight excluding hydrogens is 332 g/mol. The molecule has 1 aliphatic rings. The second kappa shape index (κ2) is 8.03. The van der Waals surface area contributed by atoms with Crippen LogP contribution in [0.1, 0.15) is 34.8 Å². The van der Waals surface area contributed by atoms with E-state index in [0.29, 0.717) is 43.4 Å². The minimum atomic E-state index is -0.135. The molecule has 1 fully saturated rings. The minimum absolute atomic E-state index is 0.0574. The van der Waals surface area contributed by atoms with Gasteiger partial charge in [0.15, 0.2) is 5.76 Å². The van der Waals surface area contributed by atoms with Crippen molar-refractivity contribution in [2.24, 2.45) is 5.92 Å². The lowest BCUT2D eigenvalue weighted by Gasteiger charge is -2.34. The summed E-state index contributed by atoms with van der Waals surface area (Å²) in [5, 5.41) is 3.23. The third kappa shape index (κ3) is 4.22. The standard InChI is InChI=1S/C19H24N4O3/c1-14(2)12-20-17-6-5-15(13-21-17)18(24)22-7-9-23(10-8-22)19(25)16-4-3-11-26-16/h3-6,11,13-14H,7-10,12H2,1-2H3,(H,20,21). The lowest BCUT2D eigenvalue weighted by molar-refractivity contribution is 0.0518. The maximum Gasteiger partial charge on any atom is 0.289 e. The van der Waals surface area contributed by atoms with E-state index in [1.165, 1.54) is 6.26 Å². The number of amides is 2. The van der Waals surface area contributed by atoms with Crippen LogP contribution in [0.15, 0.2) is 41.1 Å². The molecule has 0 aromatic carbocycles. The summed E-state index contributed by atoms with van der Waals surface area (Å²) in [6.45, 7) is 7.07. The van der Waals surface area contributed by atoms with E-state index in [4.69, 9.17) is 4.42 Å². The van der Waals surface area contributed by atoms with Crippen LogP contribution in [0.5, 0.6) is 0 Å². The van der Waals surface area contributed by atoms with Gasteiger partial charge in [-0.25, -0.2) is 4.98 Å². The Hall–Kier alpha value is -2.83. The van der Waals surface area contributed by atoms with Crippen LogP contribution >= 0.6 is 0 Å². The highest BCUT2D eigenvalue weighted by Crippen LogP contribution is 2.13. The Labute approximate surface area is 153 Å². The zero-order valence-corrected chi connectivity index (χ0v) is 15.1. The van der Waals surface area contributed by atoms with Crippen molar-refractivity contribution in [3.63, 3.8) is 0 Å². The van der Waals surface area contributed by atoms with Gasteiger partial charge in [-0.15, -0.1) is 0 Å². The SMILES string of the molecule is CC(C)CNc1ccc(C(=O)N2CCN(C(=O)c3ccco3)CC2)cn1. The van der Waals surface area contributed by atoms with Gasteiger partial charge in [-0.2, -0.15) is 0 Å². The van der Waals surface area contributed by atoms with Gasteiger partial charge in [0, 0.05) is 38.9 Å². The van der Waals surface area contributed by atoms with Crippen LogP contribution in [-0.4, -0.2) is 59.3 Å². The number of carbonyl (C=O) groups is 2. The highest BCUT2D eigenvalue weighted by molar-refractivity contribution is 5.95. The van der Waals surface area contributed by atoms with Crippen molar-refractivity contribution in [1.82, 2.24) is 14.8 Å². The Morgan fingerprint density at radius 3 is 2.35 bits per heavy atom. The molecule has 1 saturated heterocycles. The molecule has 7 nitrogen and oxygen atoms in total. The number of nitrogens with one attached hydrogen (secondary N) is 1. The van der Waals surface area contributed by atoms with E-state index in [1.54, 1.807) is 34.2 Å². The quantitative estimate of drug-likeness (QED) is 0.890. The molecule has 7 heteroatoms. The number of rotatable bonds is 5. The fraction of sp³-hybridized carbons (Fsp3) is 0.421. The Kier molecular flexibility index (Phi) is 5.55. The topological polar surface area (TPSA) is 78.7 Å². The van der Waals surface area contributed by atoms with Gasteiger partial charge >= 0.3 is 0 Å². The van der Waals surface area contributed by atoms with Gasteiger partial charge in [0.05, 0.1) is 11.8 Å². The van der Waals surface area contributed by atoms with Crippen molar-refractivity contribution in [2.45, 2.75) is 13.8 Å². The van der Waals surface area contributed by atoms with Crippen molar-refractivity contribution in [1.29, 1.82) is 0 Å². The molecule has 138 valence electrons. The second-order valence-electron chi connectivity index (χ2n) is 6.77. The number of anilines is 1. The molecular formula is C19H24N4O3. The normalized spacial score (nSPS) is 14.6. The maximum atomic E-state index is 12.6. The van der Waals surface area contributed by atoms with E-state index < -0.39 is 0 Å². The zero-order valence-electron chi connectivity index (χ0n) is 15.1. The summed E-state index contributed by atoms with van der Waals surface area (Å²) in [6, 6.07) is 6.96. The van der Waals surface area contributed by atoms with Crippen molar-refractivity contribution in [3.05, 3.63) is 48.0 Å². The van der Waals surface area contributed by atoms with Crippen LogP contribution in [0.25, 0.3) is 0 Å². The lowest BCUT2D eigenvalue weighted by atomic mass is 10.2. The first kappa shape index (κ1) is 18.0. The van der Waals surface area contributed by atoms with Crippen molar-refractivity contribution in [3.8, 4) is 0 Å². The first-order chi connectivity index (χ1) is 12.5. The van der Waals surface area contributed by atoms with Crippen LogP contribution in [0, 0.1) is 5.92 Å². The number of pyridine rings is 1. The molecule has 0 saturated carbocycles. The van der Waals surface area contributed by atoms with E-state index >= 15 is 0 Å². The molecule has 3 heterocycles. The minimum Gasteiger partial charge on any atom is -0.459 e. The van der Waals surface area contributed by atoms with E-state index in [9.17, 15) is 9.59 Å². The van der Waals surface area contributed by atoms with Crippen molar-refractivity contribution >= 4 is 17.6 Å². The monoisotopic (exact) mass is 356 g/mol. The Balaban J connectivity index is 1.54. The molecule has 2 aromatic heterocycles. The molecule has 0 aliphatic carbocycles. The fourth-order valence-electron chi connectivity index (χ4n) is 2.78. The van der Waals surface area contributed by atoms with Gasteiger partial charge < -0.3 is 19.5 Å². The van der Waals surface area contributed by atoms with Crippen LogP contribution in [0.4, 0.5) is 5.82 Å². The summed E-state index contributed by atoms with van der Waals surface area (Å²) in [4.78, 5) is 32.7. The second-order valence-corrected chi connectivity index (χ2v) is 6.77. The molecule has 0 unspecified atom stereocenters. The summed E-state index contributed by atoms with van der Waals surface area (Å²) in [6.07, 6.45) is 3.09. The van der Waals surface area contributed by atoms with Crippen LogP contribution in [-0.2, 0) is 0 Å². The molecule has 2 aromatic rings.